The number of nitrogens with zero attached hydrogens (tertiary/aromatic N) is 2. The third-order valence-corrected chi connectivity index (χ3v) is 5.90. The highest BCUT2D eigenvalue weighted by Crippen LogP contribution is 2.26. The summed E-state index contributed by atoms with van der Waals surface area (Å²) < 4.78 is 42.9. The van der Waals surface area contributed by atoms with Gasteiger partial charge in [0.1, 0.15) is 11.5 Å². The van der Waals surface area contributed by atoms with Crippen LogP contribution in [0.4, 0.5) is 10.1 Å². The molecule has 28 heavy (non-hydrogen) atoms. The number of aryl methyl sites for hydroxylation is 1. The van der Waals surface area contributed by atoms with E-state index in [-0.39, 0.29) is 9.92 Å². The van der Waals surface area contributed by atoms with E-state index >= 15 is 0 Å². The van der Waals surface area contributed by atoms with Crippen LogP contribution in [-0.2, 0) is 10.0 Å². The summed E-state index contributed by atoms with van der Waals surface area (Å²) in [5.41, 5.74) is 3.76. The second kappa shape index (κ2) is 6.92. The monoisotopic (exact) mass is 415 g/mol. The molecule has 5 nitrogen and oxygen atoms in total. The molecular formula is C20H15ClFN3O2S. The lowest BCUT2D eigenvalue weighted by atomic mass is 10.1. The SMILES string of the molecule is Cc1ccn2cc(-c3cccc(NS(=O)(=O)c4ccc(F)c(Cl)c4)c3)nc2c1. The molecule has 0 aliphatic heterocycles. The molecule has 0 unspecified atom stereocenters. The van der Waals surface area contributed by atoms with E-state index in [1.807, 2.05) is 41.9 Å². The number of benzene rings is 2. The van der Waals surface area contributed by atoms with Gasteiger partial charge in [-0.25, -0.2) is 17.8 Å². The first-order valence-electron chi connectivity index (χ1n) is 8.35. The number of aromatic nitrogens is 2. The van der Waals surface area contributed by atoms with Crippen molar-refractivity contribution in [3.8, 4) is 11.3 Å². The summed E-state index contributed by atoms with van der Waals surface area (Å²) in [7, 11) is -3.91. The maximum absolute atomic E-state index is 13.3. The minimum Gasteiger partial charge on any atom is -0.306 e. The summed E-state index contributed by atoms with van der Waals surface area (Å²) in [5.74, 6) is -0.676. The standard InChI is InChI=1S/C20H15ClFN3O2S/c1-13-7-8-25-12-19(23-20(25)9-13)14-3-2-4-15(10-14)24-28(26,27)16-5-6-18(22)17(21)11-16/h2-12,24H,1H3. The van der Waals surface area contributed by atoms with Gasteiger partial charge in [-0.05, 0) is 55.0 Å². The molecule has 0 fully saturated rings. The van der Waals surface area contributed by atoms with Gasteiger partial charge in [-0.15, -0.1) is 0 Å². The summed E-state index contributed by atoms with van der Waals surface area (Å²) in [6.07, 6.45) is 3.80. The maximum Gasteiger partial charge on any atom is 0.261 e. The van der Waals surface area contributed by atoms with Crippen LogP contribution in [0.15, 0.2) is 71.9 Å². The number of hydrogen-bond donors (Lipinski definition) is 1. The van der Waals surface area contributed by atoms with Gasteiger partial charge in [0.05, 0.1) is 15.6 Å². The fourth-order valence-electron chi connectivity index (χ4n) is 2.82. The molecule has 0 spiro atoms. The van der Waals surface area contributed by atoms with Gasteiger partial charge < -0.3 is 4.40 Å². The highest BCUT2D eigenvalue weighted by molar-refractivity contribution is 7.92. The smallest absolute Gasteiger partial charge is 0.261 e. The van der Waals surface area contributed by atoms with E-state index in [1.54, 1.807) is 18.2 Å². The Kier molecular flexibility index (Phi) is 4.56. The Morgan fingerprint density at radius 1 is 1.11 bits per heavy atom. The maximum atomic E-state index is 13.3. The van der Waals surface area contributed by atoms with Gasteiger partial charge in [-0.1, -0.05) is 23.7 Å². The molecule has 4 aromatic rings. The van der Waals surface area contributed by atoms with Crippen molar-refractivity contribution < 1.29 is 12.8 Å². The van der Waals surface area contributed by atoms with Crippen LogP contribution in [0.1, 0.15) is 5.56 Å². The number of anilines is 1. The third-order valence-electron chi connectivity index (χ3n) is 4.23. The number of imidazole rings is 1. The molecule has 0 aliphatic carbocycles. The zero-order valence-electron chi connectivity index (χ0n) is 14.7. The molecule has 142 valence electrons. The second-order valence-corrected chi connectivity index (χ2v) is 8.45. The zero-order valence-corrected chi connectivity index (χ0v) is 16.3. The van der Waals surface area contributed by atoms with Crippen molar-refractivity contribution in [2.75, 3.05) is 4.72 Å². The topological polar surface area (TPSA) is 63.5 Å². The molecule has 0 bridgehead atoms. The minimum absolute atomic E-state index is 0.118. The van der Waals surface area contributed by atoms with Gasteiger partial charge in [0.2, 0.25) is 0 Å². The molecule has 2 heterocycles. The van der Waals surface area contributed by atoms with Gasteiger partial charge >= 0.3 is 0 Å². The van der Waals surface area contributed by atoms with Crippen molar-refractivity contribution in [3.05, 3.63) is 83.4 Å². The van der Waals surface area contributed by atoms with Gasteiger partial charge in [0.25, 0.3) is 10.0 Å². The number of hydrogen-bond acceptors (Lipinski definition) is 3. The first-order chi connectivity index (χ1) is 13.3. The van der Waals surface area contributed by atoms with Gasteiger partial charge in [-0.3, -0.25) is 4.72 Å². The van der Waals surface area contributed by atoms with Gasteiger partial charge in [0, 0.05) is 23.6 Å². The Morgan fingerprint density at radius 2 is 1.93 bits per heavy atom. The molecule has 0 saturated heterocycles. The predicted octanol–water partition coefficient (Wildman–Crippen LogP) is 4.90. The van der Waals surface area contributed by atoms with E-state index in [1.165, 1.54) is 0 Å². The number of pyridine rings is 1. The minimum atomic E-state index is -3.91. The molecule has 8 heteroatoms. The van der Waals surface area contributed by atoms with E-state index in [0.29, 0.717) is 5.69 Å². The third kappa shape index (κ3) is 3.58. The summed E-state index contributed by atoms with van der Waals surface area (Å²) in [6, 6.07) is 14.1. The van der Waals surface area contributed by atoms with Crippen LogP contribution < -0.4 is 4.72 Å². The predicted molar refractivity (Wildman–Crippen MR) is 108 cm³/mol. The van der Waals surface area contributed by atoms with E-state index in [2.05, 4.69) is 9.71 Å². The number of fused-ring (bicyclic) bond motifs is 1. The lowest BCUT2D eigenvalue weighted by Crippen LogP contribution is -2.13. The molecule has 2 aromatic carbocycles. The van der Waals surface area contributed by atoms with Gasteiger partial charge in [-0.2, -0.15) is 0 Å². The molecule has 0 aliphatic rings. The Balaban J connectivity index is 1.67. The van der Waals surface area contributed by atoms with Crippen molar-refractivity contribution in [2.24, 2.45) is 0 Å². The normalized spacial score (nSPS) is 11.7. The zero-order chi connectivity index (χ0) is 19.9. The Hall–Kier alpha value is -2.90. The Bertz CT molecular complexity index is 1300. The van der Waals surface area contributed by atoms with Crippen LogP contribution in [0.2, 0.25) is 5.02 Å². The van der Waals surface area contributed by atoms with Crippen LogP contribution >= 0.6 is 11.6 Å². The number of halogens is 2. The highest BCUT2D eigenvalue weighted by Gasteiger charge is 2.16. The van der Waals surface area contributed by atoms with E-state index in [0.717, 1.165) is 40.7 Å². The Labute approximate surface area is 166 Å². The summed E-state index contributed by atoms with van der Waals surface area (Å²) >= 11 is 5.70. The Morgan fingerprint density at radius 3 is 2.71 bits per heavy atom. The van der Waals surface area contributed by atoms with Crippen LogP contribution in [0.5, 0.6) is 0 Å². The van der Waals surface area contributed by atoms with E-state index < -0.39 is 15.8 Å². The molecule has 0 radical (unpaired) electrons. The number of rotatable bonds is 4. The largest absolute Gasteiger partial charge is 0.306 e. The van der Waals surface area contributed by atoms with E-state index in [9.17, 15) is 12.8 Å². The quantitative estimate of drug-likeness (QED) is 0.515. The molecule has 2 aromatic heterocycles. The van der Waals surface area contributed by atoms with Gasteiger partial charge in [0.15, 0.2) is 0 Å². The fourth-order valence-corrected chi connectivity index (χ4v) is 4.14. The molecule has 4 rings (SSSR count). The molecule has 0 saturated carbocycles. The van der Waals surface area contributed by atoms with Crippen molar-refractivity contribution >= 4 is 33.0 Å². The fraction of sp³-hybridized carbons (Fsp3) is 0.0500. The average molecular weight is 416 g/mol. The van der Waals surface area contributed by atoms with Crippen molar-refractivity contribution in [3.63, 3.8) is 0 Å². The van der Waals surface area contributed by atoms with Crippen molar-refractivity contribution in [1.29, 1.82) is 0 Å². The summed E-state index contributed by atoms with van der Waals surface area (Å²) in [4.78, 5) is 4.47. The van der Waals surface area contributed by atoms with Crippen molar-refractivity contribution in [2.45, 2.75) is 11.8 Å². The molecule has 0 amide bonds. The first-order valence-corrected chi connectivity index (χ1v) is 10.2. The molecular weight excluding hydrogens is 401 g/mol. The number of sulfonamides is 1. The molecule has 1 N–H and O–H groups in total. The van der Waals surface area contributed by atoms with Crippen molar-refractivity contribution in [1.82, 2.24) is 9.38 Å². The highest BCUT2D eigenvalue weighted by atomic mass is 35.5. The lowest BCUT2D eigenvalue weighted by Gasteiger charge is -2.09. The van der Waals surface area contributed by atoms with Crippen LogP contribution in [0.3, 0.4) is 0 Å². The summed E-state index contributed by atoms with van der Waals surface area (Å²) in [5, 5.41) is -0.253. The van der Waals surface area contributed by atoms with Crippen LogP contribution in [0.25, 0.3) is 16.9 Å². The first kappa shape index (κ1) is 18.5. The summed E-state index contributed by atoms with van der Waals surface area (Å²) in [6.45, 7) is 1.99. The average Bonchev–Trinajstić information content (AvgIpc) is 3.07. The second-order valence-electron chi connectivity index (χ2n) is 6.36. The molecule has 0 atom stereocenters. The van der Waals surface area contributed by atoms with Crippen LogP contribution in [-0.4, -0.2) is 17.8 Å². The lowest BCUT2D eigenvalue weighted by molar-refractivity contribution is 0.599. The number of nitrogens with one attached hydrogen (secondary N) is 1. The van der Waals surface area contributed by atoms with E-state index in [4.69, 9.17) is 11.6 Å². The van der Waals surface area contributed by atoms with Crippen LogP contribution in [0, 0.1) is 12.7 Å².